The maximum absolute atomic E-state index is 11.7. The van der Waals surface area contributed by atoms with Crippen molar-refractivity contribution in [2.45, 2.75) is 46.1 Å². The Balaban J connectivity index is 2.12. The van der Waals surface area contributed by atoms with Gasteiger partial charge in [-0.25, -0.2) is 0 Å². The molecule has 0 aromatic rings. The predicted octanol–water partition coefficient (Wildman–Crippen LogP) is 0.522. The first-order chi connectivity index (χ1) is 8.12. The zero-order chi connectivity index (χ0) is 14.0. The molecule has 0 saturated carbocycles. The van der Waals surface area contributed by atoms with Crippen LogP contribution in [0.3, 0.4) is 0 Å². The van der Waals surface area contributed by atoms with Crippen LogP contribution in [0.1, 0.15) is 40.5 Å². The highest BCUT2D eigenvalue weighted by atomic mass is 16.3. The first-order valence-electron chi connectivity index (χ1n) is 6.40. The number of rotatable bonds is 4. The van der Waals surface area contributed by atoms with Crippen LogP contribution in [-0.4, -0.2) is 47.1 Å². The summed E-state index contributed by atoms with van der Waals surface area (Å²) in [6.07, 6.45) is 1.06. The second kappa shape index (κ2) is 5.26. The summed E-state index contributed by atoms with van der Waals surface area (Å²) in [7, 11) is 0. The summed E-state index contributed by atoms with van der Waals surface area (Å²) in [5.41, 5.74) is -1.10. The molecule has 0 bridgehead atoms. The Morgan fingerprint density at radius 2 is 1.89 bits per heavy atom. The minimum Gasteiger partial charge on any atom is -0.386 e. The van der Waals surface area contributed by atoms with Gasteiger partial charge in [0.25, 0.3) is 0 Å². The molecule has 0 radical (unpaired) electrons. The number of carbonyl (C=O) groups is 2. The zero-order valence-electron chi connectivity index (χ0n) is 11.7. The van der Waals surface area contributed by atoms with Crippen molar-refractivity contribution in [3.8, 4) is 0 Å². The van der Waals surface area contributed by atoms with Gasteiger partial charge in [-0.3, -0.25) is 9.59 Å². The van der Waals surface area contributed by atoms with Crippen molar-refractivity contribution in [1.82, 2.24) is 10.2 Å². The third kappa shape index (κ3) is 4.29. The molecule has 104 valence electrons. The van der Waals surface area contributed by atoms with E-state index in [1.54, 1.807) is 11.8 Å². The van der Waals surface area contributed by atoms with E-state index in [0.717, 1.165) is 0 Å². The number of likely N-dealkylation sites (tertiary alicyclic amines) is 1. The van der Waals surface area contributed by atoms with Crippen molar-refractivity contribution in [2.24, 2.45) is 5.41 Å². The standard InChI is InChI=1S/C13H24N2O3/c1-12(2,3)11(17)14-7-5-6-10(16)15-8-13(4,18)9-15/h18H,5-9H2,1-4H3,(H,14,17). The average Bonchev–Trinajstić information content (AvgIpc) is 2.18. The normalized spacial score (nSPS) is 18.2. The van der Waals surface area contributed by atoms with Crippen LogP contribution in [0.25, 0.3) is 0 Å². The van der Waals surface area contributed by atoms with Crippen molar-refractivity contribution in [3.63, 3.8) is 0 Å². The van der Waals surface area contributed by atoms with E-state index in [-0.39, 0.29) is 17.2 Å². The second-order valence-electron chi connectivity index (χ2n) is 6.36. The average molecular weight is 256 g/mol. The van der Waals surface area contributed by atoms with Crippen LogP contribution >= 0.6 is 0 Å². The van der Waals surface area contributed by atoms with Gasteiger partial charge >= 0.3 is 0 Å². The summed E-state index contributed by atoms with van der Waals surface area (Å²) in [4.78, 5) is 24.9. The van der Waals surface area contributed by atoms with Crippen LogP contribution in [0.2, 0.25) is 0 Å². The highest BCUT2D eigenvalue weighted by Gasteiger charge is 2.38. The van der Waals surface area contributed by atoms with Crippen molar-refractivity contribution in [3.05, 3.63) is 0 Å². The van der Waals surface area contributed by atoms with Gasteiger partial charge in [0, 0.05) is 18.4 Å². The number of nitrogens with one attached hydrogen (secondary N) is 1. The van der Waals surface area contributed by atoms with E-state index < -0.39 is 5.60 Å². The number of hydrogen-bond acceptors (Lipinski definition) is 3. The van der Waals surface area contributed by atoms with E-state index in [1.165, 1.54) is 0 Å². The largest absolute Gasteiger partial charge is 0.386 e. The fraction of sp³-hybridized carbons (Fsp3) is 0.846. The Bertz CT molecular complexity index is 324. The summed E-state index contributed by atoms with van der Waals surface area (Å²) < 4.78 is 0. The van der Waals surface area contributed by atoms with Crippen LogP contribution in [0, 0.1) is 5.41 Å². The smallest absolute Gasteiger partial charge is 0.225 e. The number of β-amino-alcohol motifs (C(OH)–C–C–N with tert-alkyl or cyclic N) is 1. The molecule has 0 spiro atoms. The quantitative estimate of drug-likeness (QED) is 0.721. The van der Waals surface area contributed by atoms with Crippen LogP contribution in [0.5, 0.6) is 0 Å². The molecule has 0 aromatic heterocycles. The Hall–Kier alpha value is -1.10. The lowest BCUT2D eigenvalue weighted by Gasteiger charge is -2.44. The van der Waals surface area contributed by atoms with E-state index >= 15 is 0 Å². The van der Waals surface area contributed by atoms with Crippen LogP contribution in [0.4, 0.5) is 0 Å². The lowest BCUT2D eigenvalue weighted by atomic mass is 9.95. The monoisotopic (exact) mass is 256 g/mol. The minimum atomic E-state index is -0.712. The number of amides is 2. The van der Waals surface area contributed by atoms with Crippen LogP contribution in [0.15, 0.2) is 0 Å². The molecule has 5 nitrogen and oxygen atoms in total. The fourth-order valence-corrected chi connectivity index (χ4v) is 1.82. The number of nitrogens with zero attached hydrogens (tertiary/aromatic N) is 1. The van der Waals surface area contributed by atoms with Crippen molar-refractivity contribution in [2.75, 3.05) is 19.6 Å². The maximum Gasteiger partial charge on any atom is 0.225 e. The van der Waals surface area contributed by atoms with Gasteiger partial charge in [-0.1, -0.05) is 20.8 Å². The predicted molar refractivity (Wildman–Crippen MR) is 68.9 cm³/mol. The van der Waals surface area contributed by atoms with E-state index in [0.29, 0.717) is 32.5 Å². The molecule has 0 aliphatic carbocycles. The van der Waals surface area contributed by atoms with Gasteiger partial charge in [0.15, 0.2) is 0 Å². The minimum absolute atomic E-state index is 0.00170. The van der Waals surface area contributed by atoms with E-state index in [9.17, 15) is 14.7 Å². The topological polar surface area (TPSA) is 69.6 Å². The Kier molecular flexibility index (Phi) is 4.37. The zero-order valence-corrected chi connectivity index (χ0v) is 11.7. The van der Waals surface area contributed by atoms with Crippen molar-refractivity contribution in [1.29, 1.82) is 0 Å². The van der Waals surface area contributed by atoms with Gasteiger partial charge in [-0.05, 0) is 13.3 Å². The molecule has 0 atom stereocenters. The van der Waals surface area contributed by atoms with Gasteiger partial charge in [0.05, 0.1) is 18.7 Å². The van der Waals surface area contributed by atoms with E-state index in [2.05, 4.69) is 5.32 Å². The van der Waals surface area contributed by atoms with E-state index in [4.69, 9.17) is 0 Å². The van der Waals surface area contributed by atoms with Gasteiger partial charge < -0.3 is 15.3 Å². The summed E-state index contributed by atoms with van der Waals surface area (Å²) in [6.45, 7) is 8.65. The first kappa shape index (κ1) is 15.0. The van der Waals surface area contributed by atoms with Gasteiger partial charge in [0.2, 0.25) is 11.8 Å². The first-order valence-corrected chi connectivity index (χ1v) is 6.40. The molecule has 1 heterocycles. The molecule has 1 rings (SSSR count). The summed E-state index contributed by atoms with van der Waals surface area (Å²) in [6, 6.07) is 0. The van der Waals surface area contributed by atoms with Crippen molar-refractivity contribution >= 4 is 11.8 Å². The number of hydrogen-bond donors (Lipinski definition) is 2. The molecule has 1 saturated heterocycles. The molecule has 5 heteroatoms. The molecule has 1 aliphatic heterocycles. The van der Waals surface area contributed by atoms with E-state index in [1.807, 2.05) is 20.8 Å². The lowest BCUT2D eigenvalue weighted by molar-refractivity contribution is -0.152. The number of aliphatic hydroxyl groups is 1. The lowest BCUT2D eigenvalue weighted by Crippen LogP contribution is -2.61. The summed E-state index contributed by atoms with van der Waals surface area (Å²) in [5, 5.41) is 12.3. The molecule has 2 amide bonds. The Morgan fingerprint density at radius 3 is 2.33 bits per heavy atom. The third-order valence-corrected chi connectivity index (χ3v) is 2.95. The summed E-state index contributed by atoms with van der Waals surface area (Å²) in [5.74, 6) is 0.0494. The Labute approximate surface area is 109 Å². The fourth-order valence-electron chi connectivity index (χ4n) is 1.82. The molecule has 18 heavy (non-hydrogen) atoms. The molecule has 2 N–H and O–H groups in total. The highest BCUT2D eigenvalue weighted by Crippen LogP contribution is 2.20. The molecule has 1 fully saturated rings. The molecule has 0 unspecified atom stereocenters. The highest BCUT2D eigenvalue weighted by molar-refractivity contribution is 5.81. The molecule has 1 aliphatic rings. The van der Waals surface area contributed by atoms with Crippen LogP contribution in [-0.2, 0) is 9.59 Å². The van der Waals surface area contributed by atoms with Gasteiger partial charge in [-0.2, -0.15) is 0 Å². The molecule has 0 aromatic carbocycles. The Morgan fingerprint density at radius 1 is 1.33 bits per heavy atom. The van der Waals surface area contributed by atoms with Gasteiger partial charge in [0.1, 0.15) is 0 Å². The van der Waals surface area contributed by atoms with Crippen LogP contribution < -0.4 is 5.32 Å². The van der Waals surface area contributed by atoms with Gasteiger partial charge in [-0.15, -0.1) is 0 Å². The molecular weight excluding hydrogens is 232 g/mol. The SMILES string of the molecule is CC1(O)CN(C(=O)CCCNC(=O)C(C)(C)C)C1. The summed E-state index contributed by atoms with van der Waals surface area (Å²) >= 11 is 0. The molecular formula is C13H24N2O3. The van der Waals surface area contributed by atoms with Crippen molar-refractivity contribution < 1.29 is 14.7 Å². The second-order valence-corrected chi connectivity index (χ2v) is 6.36. The number of carbonyl (C=O) groups excluding carboxylic acids is 2. The maximum atomic E-state index is 11.7. The third-order valence-electron chi connectivity index (χ3n) is 2.95.